The Morgan fingerprint density at radius 1 is 1.44 bits per heavy atom. The van der Waals surface area contributed by atoms with E-state index in [1.165, 1.54) is 0 Å². The molecule has 0 radical (unpaired) electrons. The van der Waals surface area contributed by atoms with E-state index in [0.29, 0.717) is 18.4 Å². The first-order chi connectivity index (χ1) is 8.81. The predicted molar refractivity (Wildman–Crippen MR) is 64.6 cm³/mol. The summed E-state index contributed by atoms with van der Waals surface area (Å²) >= 11 is 0. The van der Waals surface area contributed by atoms with E-state index in [1.54, 1.807) is 36.9 Å². The van der Waals surface area contributed by atoms with Gasteiger partial charge in [-0.25, -0.2) is 0 Å². The van der Waals surface area contributed by atoms with Gasteiger partial charge in [0.25, 0.3) is 0 Å². The van der Waals surface area contributed by atoms with Crippen molar-refractivity contribution in [2.24, 2.45) is 0 Å². The Morgan fingerprint density at radius 2 is 2.33 bits per heavy atom. The number of furan rings is 1. The number of pyridine rings is 1. The second-order valence-electron chi connectivity index (χ2n) is 3.89. The van der Waals surface area contributed by atoms with Crippen LogP contribution in [0.1, 0.15) is 23.7 Å². The fourth-order valence-electron chi connectivity index (χ4n) is 1.72. The van der Waals surface area contributed by atoms with Gasteiger partial charge in [0.05, 0.1) is 12.3 Å². The fourth-order valence-corrected chi connectivity index (χ4v) is 1.72. The molecule has 0 saturated carbocycles. The molecule has 0 aliphatic carbocycles. The number of carbonyl (C=O) groups is 1. The van der Waals surface area contributed by atoms with Gasteiger partial charge in [-0.1, -0.05) is 6.07 Å². The van der Waals surface area contributed by atoms with Crippen LogP contribution < -0.4 is 0 Å². The summed E-state index contributed by atoms with van der Waals surface area (Å²) in [6.07, 6.45) is 5.55. The van der Waals surface area contributed by atoms with Gasteiger partial charge in [-0.05, 0) is 23.8 Å². The number of carbonyl (C=O) groups excluding carboxylic acids is 1. The monoisotopic (exact) mass is 240 g/mol. The zero-order valence-corrected chi connectivity index (χ0v) is 9.74. The molecule has 0 saturated heterocycles. The maximum absolute atomic E-state index is 12.0. The number of aromatic nitrogens is 1. The van der Waals surface area contributed by atoms with Gasteiger partial charge < -0.3 is 4.42 Å². The molecular weight excluding hydrogens is 228 g/mol. The minimum atomic E-state index is -0.742. The third-order valence-electron chi connectivity index (χ3n) is 2.67. The van der Waals surface area contributed by atoms with Crippen LogP contribution in [0.3, 0.4) is 0 Å². The summed E-state index contributed by atoms with van der Waals surface area (Å²) in [6.45, 7) is 0. The van der Waals surface area contributed by atoms with Crippen molar-refractivity contribution >= 4 is 5.78 Å². The van der Waals surface area contributed by atoms with Crippen molar-refractivity contribution < 1.29 is 9.21 Å². The maximum Gasteiger partial charge on any atom is 0.154 e. The van der Waals surface area contributed by atoms with Crippen molar-refractivity contribution in [2.75, 3.05) is 0 Å². The molecule has 2 aromatic rings. The number of nitrogens with zero attached hydrogens (tertiary/aromatic N) is 2. The number of Topliss-reactive ketones (excluding diaryl/α,β-unsaturated/α-hetero) is 1. The van der Waals surface area contributed by atoms with E-state index in [9.17, 15) is 4.79 Å². The summed E-state index contributed by atoms with van der Waals surface area (Å²) < 4.78 is 5.16. The molecule has 0 bridgehead atoms. The summed E-state index contributed by atoms with van der Waals surface area (Å²) in [5.74, 6) is -0.0956. The molecule has 2 heterocycles. The zero-order valence-electron chi connectivity index (χ0n) is 9.74. The van der Waals surface area contributed by atoms with Crippen LogP contribution in [0.4, 0.5) is 0 Å². The number of hydrogen-bond donors (Lipinski definition) is 0. The SMILES string of the molecule is N#CC(C(=O)CCc1ccco1)c1cccnc1. The quantitative estimate of drug-likeness (QED) is 0.805. The lowest BCUT2D eigenvalue weighted by atomic mass is 9.94. The van der Waals surface area contributed by atoms with Gasteiger partial charge in [0.2, 0.25) is 0 Å². The summed E-state index contributed by atoms with van der Waals surface area (Å²) in [6, 6.07) is 9.09. The van der Waals surface area contributed by atoms with Gasteiger partial charge in [0.1, 0.15) is 11.7 Å². The van der Waals surface area contributed by atoms with Crippen molar-refractivity contribution in [3.8, 4) is 6.07 Å². The van der Waals surface area contributed by atoms with Gasteiger partial charge in [-0.2, -0.15) is 5.26 Å². The lowest BCUT2D eigenvalue weighted by Gasteiger charge is -2.06. The fraction of sp³-hybridized carbons (Fsp3) is 0.214. The Hall–Kier alpha value is -2.41. The summed E-state index contributed by atoms with van der Waals surface area (Å²) in [7, 11) is 0. The van der Waals surface area contributed by atoms with E-state index in [4.69, 9.17) is 9.68 Å². The van der Waals surface area contributed by atoms with Gasteiger partial charge in [0, 0.05) is 25.2 Å². The maximum atomic E-state index is 12.0. The van der Waals surface area contributed by atoms with E-state index >= 15 is 0 Å². The Bertz CT molecular complexity index is 541. The lowest BCUT2D eigenvalue weighted by molar-refractivity contribution is -0.119. The third-order valence-corrected chi connectivity index (χ3v) is 2.67. The highest BCUT2D eigenvalue weighted by atomic mass is 16.3. The molecule has 4 heteroatoms. The molecule has 2 rings (SSSR count). The Labute approximate surface area is 105 Å². The molecule has 0 aromatic carbocycles. The third kappa shape index (κ3) is 2.83. The summed E-state index contributed by atoms with van der Waals surface area (Å²) in [4.78, 5) is 15.9. The molecule has 0 N–H and O–H groups in total. The molecule has 0 spiro atoms. The van der Waals surface area contributed by atoms with Gasteiger partial charge in [0.15, 0.2) is 5.78 Å². The summed E-state index contributed by atoms with van der Waals surface area (Å²) in [5.41, 5.74) is 0.643. The van der Waals surface area contributed by atoms with Crippen LogP contribution in [0.5, 0.6) is 0 Å². The second-order valence-corrected chi connectivity index (χ2v) is 3.89. The molecule has 18 heavy (non-hydrogen) atoms. The van der Waals surface area contributed by atoms with E-state index in [0.717, 1.165) is 5.76 Å². The van der Waals surface area contributed by atoms with Crippen LogP contribution in [0.15, 0.2) is 47.3 Å². The van der Waals surface area contributed by atoms with Crippen LogP contribution in [0.2, 0.25) is 0 Å². The van der Waals surface area contributed by atoms with Gasteiger partial charge in [-0.15, -0.1) is 0 Å². The molecule has 4 nitrogen and oxygen atoms in total. The van der Waals surface area contributed by atoms with Crippen molar-refractivity contribution in [3.63, 3.8) is 0 Å². The first-order valence-electron chi connectivity index (χ1n) is 5.66. The number of ketones is 1. The molecule has 2 aromatic heterocycles. The highest BCUT2D eigenvalue weighted by Crippen LogP contribution is 2.17. The predicted octanol–water partition coefficient (Wildman–Crippen LogP) is 2.48. The smallest absolute Gasteiger partial charge is 0.154 e. The number of aryl methyl sites for hydroxylation is 1. The lowest BCUT2D eigenvalue weighted by Crippen LogP contribution is -2.11. The first-order valence-corrected chi connectivity index (χ1v) is 5.66. The topological polar surface area (TPSA) is 66.9 Å². The van der Waals surface area contributed by atoms with E-state index in [-0.39, 0.29) is 5.78 Å². The van der Waals surface area contributed by atoms with Crippen molar-refractivity contribution in [2.45, 2.75) is 18.8 Å². The standard InChI is InChI=1S/C14H12N2O2/c15-9-13(11-3-1-7-16-10-11)14(17)6-5-12-4-2-8-18-12/h1-4,7-8,10,13H,5-6H2. The molecule has 0 aliphatic rings. The average molecular weight is 240 g/mol. The van der Waals surface area contributed by atoms with E-state index in [2.05, 4.69) is 4.98 Å². The minimum Gasteiger partial charge on any atom is -0.469 e. The Morgan fingerprint density at radius 3 is 2.94 bits per heavy atom. The van der Waals surface area contributed by atoms with Crippen molar-refractivity contribution in [1.29, 1.82) is 5.26 Å². The Balaban J connectivity index is 2.01. The zero-order chi connectivity index (χ0) is 12.8. The minimum absolute atomic E-state index is 0.109. The first kappa shape index (κ1) is 12.1. The van der Waals surface area contributed by atoms with Crippen molar-refractivity contribution in [1.82, 2.24) is 4.98 Å². The second kappa shape index (κ2) is 5.78. The highest BCUT2D eigenvalue weighted by Gasteiger charge is 2.20. The van der Waals surface area contributed by atoms with Crippen molar-refractivity contribution in [3.05, 3.63) is 54.2 Å². The van der Waals surface area contributed by atoms with Crippen LogP contribution >= 0.6 is 0 Å². The van der Waals surface area contributed by atoms with E-state index < -0.39 is 5.92 Å². The Kier molecular flexibility index (Phi) is 3.87. The molecule has 1 unspecified atom stereocenters. The number of hydrogen-bond acceptors (Lipinski definition) is 4. The van der Waals surface area contributed by atoms with Gasteiger partial charge >= 0.3 is 0 Å². The molecule has 0 fully saturated rings. The number of rotatable bonds is 5. The average Bonchev–Trinajstić information content (AvgIpc) is 2.92. The largest absolute Gasteiger partial charge is 0.469 e. The molecular formula is C14H12N2O2. The van der Waals surface area contributed by atoms with E-state index in [1.807, 2.05) is 12.1 Å². The van der Waals surface area contributed by atoms with Crippen LogP contribution in [0.25, 0.3) is 0 Å². The van der Waals surface area contributed by atoms with Gasteiger partial charge in [-0.3, -0.25) is 9.78 Å². The highest BCUT2D eigenvalue weighted by molar-refractivity contribution is 5.88. The molecule has 1 atom stereocenters. The molecule has 90 valence electrons. The normalized spacial score (nSPS) is 11.7. The van der Waals surface area contributed by atoms with Crippen LogP contribution in [0, 0.1) is 11.3 Å². The summed E-state index contributed by atoms with van der Waals surface area (Å²) in [5, 5.41) is 9.09. The van der Waals surface area contributed by atoms with Crippen LogP contribution in [-0.2, 0) is 11.2 Å². The van der Waals surface area contributed by atoms with Crippen LogP contribution in [-0.4, -0.2) is 10.8 Å². The number of nitriles is 1. The molecule has 0 aliphatic heterocycles. The molecule has 0 amide bonds.